The van der Waals surface area contributed by atoms with Gasteiger partial charge in [-0.25, -0.2) is 0 Å². The molecule has 222 valence electrons. The third kappa shape index (κ3) is 3.74. The largest absolute Gasteiger partial charge is 0.484 e. The van der Waals surface area contributed by atoms with Gasteiger partial charge in [-0.15, -0.1) is 0 Å². The summed E-state index contributed by atoms with van der Waals surface area (Å²) < 4.78 is 11.2. The molecule has 3 aliphatic rings. The number of rotatable bonds is 3. The Labute approximate surface area is 272 Å². The number of nitrogens with zero attached hydrogens (tertiary/aromatic N) is 3. The van der Waals surface area contributed by atoms with Gasteiger partial charge in [-0.05, 0) is 72.5 Å². The summed E-state index contributed by atoms with van der Waals surface area (Å²) in [6, 6.07) is 39.1. The Kier molecular flexibility index (Phi) is 5.56. The van der Waals surface area contributed by atoms with Gasteiger partial charge in [-0.1, -0.05) is 91.0 Å². The van der Waals surface area contributed by atoms with Crippen LogP contribution in [0, 0.1) is 11.3 Å². The van der Waals surface area contributed by atoms with Crippen molar-refractivity contribution in [1.82, 2.24) is 9.13 Å². The Morgan fingerprint density at radius 2 is 1.47 bits per heavy atom. The molecule has 0 spiro atoms. The minimum absolute atomic E-state index is 0.0301. The van der Waals surface area contributed by atoms with Crippen molar-refractivity contribution in [3.63, 3.8) is 0 Å². The number of nitriles is 1. The molecule has 0 fully saturated rings. The zero-order chi connectivity index (χ0) is 31.1. The van der Waals surface area contributed by atoms with Crippen LogP contribution in [0.25, 0.3) is 61.3 Å². The second kappa shape index (κ2) is 9.97. The summed E-state index contributed by atoms with van der Waals surface area (Å²) in [5, 5.41) is 14.2. The van der Waals surface area contributed by atoms with Crippen LogP contribution < -0.4 is 4.74 Å². The summed E-state index contributed by atoms with van der Waals surface area (Å²) in [7, 11) is 0. The van der Waals surface area contributed by atoms with Gasteiger partial charge in [-0.2, -0.15) is 5.26 Å². The van der Waals surface area contributed by atoms with E-state index in [-0.39, 0.29) is 12.0 Å². The minimum Gasteiger partial charge on any atom is -0.484 e. The summed E-state index contributed by atoms with van der Waals surface area (Å²) >= 11 is 0. The maximum Gasteiger partial charge on any atom is 0.134 e. The van der Waals surface area contributed by atoms with Gasteiger partial charge in [0, 0.05) is 44.6 Å². The van der Waals surface area contributed by atoms with Crippen molar-refractivity contribution in [2.75, 3.05) is 0 Å². The van der Waals surface area contributed by atoms with E-state index in [4.69, 9.17) is 4.74 Å². The highest BCUT2D eigenvalue weighted by Crippen LogP contribution is 2.49. The van der Waals surface area contributed by atoms with Crippen LogP contribution in [0.4, 0.5) is 0 Å². The van der Waals surface area contributed by atoms with Gasteiger partial charge in [-0.3, -0.25) is 0 Å². The summed E-state index contributed by atoms with van der Waals surface area (Å²) in [6.45, 7) is 0. The summed E-state index contributed by atoms with van der Waals surface area (Å²) in [5.74, 6) is 1.22. The van der Waals surface area contributed by atoms with Crippen LogP contribution in [-0.4, -0.2) is 15.2 Å². The summed E-state index contributed by atoms with van der Waals surface area (Å²) in [4.78, 5) is 0. The van der Waals surface area contributed by atoms with Crippen molar-refractivity contribution in [3.05, 3.63) is 156 Å². The van der Waals surface area contributed by atoms with Crippen molar-refractivity contribution in [2.45, 2.75) is 24.9 Å². The van der Waals surface area contributed by atoms with Gasteiger partial charge in [0.25, 0.3) is 0 Å². The molecule has 0 amide bonds. The Balaban J connectivity index is 1.08. The lowest BCUT2D eigenvalue weighted by Gasteiger charge is -2.16. The second-order valence-electron chi connectivity index (χ2n) is 12.7. The fourth-order valence-electron chi connectivity index (χ4n) is 8.08. The van der Waals surface area contributed by atoms with Crippen LogP contribution in [0.15, 0.2) is 134 Å². The molecule has 2 aliphatic carbocycles. The van der Waals surface area contributed by atoms with Gasteiger partial charge in [0.2, 0.25) is 0 Å². The summed E-state index contributed by atoms with van der Waals surface area (Å²) in [5.41, 5.74) is 11.9. The number of ether oxygens (including phenoxy) is 1. The fraction of sp³-hybridized carbons (Fsp3) is 0.0930. The summed E-state index contributed by atoms with van der Waals surface area (Å²) in [6.07, 6.45) is 15.0. The average molecular weight is 604 g/mol. The van der Waals surface area contributed by atoms with Crippen molar-refractivity contribution in [1.29, 1.82) is 5.26 Å². The molecule has 0 saturated heterocycles. The Bertz CT molecular complexity index is 2510. The first kappa shape index (κ1) is 26.2. The van der Waals surface area contributed by atoms with Crippen LogP contribution in [0.2, 0.25) is 0 Å². The monoisotopic (exact) mass is 603 g/mol. The number of benzene rings is 5. The number of hydrogen-bond acceptors (Lipinski definition) is 2. The van der Waals surface area contributed by atoms with Crippen molar-refractivity contribution in [2.24, 2.45) is 0 Å². The molecular formula is C43H29N3O. The van der Waals surface area contributed by atoms with Crippen molar-refractivity contribution < 1.29 is 4.74 Å². The number of fused-ring (bicyclic) bond motifs is 10. The maximum absolute atomic E-state index is 10.5. The van der Waals surface area contributed by atoms with E-state index in [1.165, 1.54) is 38.6 Å². The van der Waals surface area contributed by atoms with Gasteiger partial charge >= 0.3 is 0 Å². The van der Waals surface area contributed by atoms with Crippen LogP contribution in [-0.2, 0) is 6.42 Å². The van der Waals surface area contributed by atoms with E-state index in [9.17, 15) is 5.26 Å². The number of para-hydroxylation sites is 2. The molecule has 2 aromatic heterocycles. The van der Waals surface area contributed by atoms with E-state index in [0.29, 0.717) is 5.56 Å². The molecule has 0 bridgehead atoms. The molecule has 5 aromatic carbocycles. The fourth-order valence-corrected chi connectivity index (χ4v) is 8.08. The Morgan fingerprint density at radius 3 is 2.26 bits per heavy atom. The molecule has 4 heteroatoms. The van der Waals surface area contributed by atoms with Crippen LogP contribution in [0.3, 0.4) is 0 Å². The lowest BCUT2D eigenvalue weighted by atomic mass is 9.91. The van der Waals surface area contributed by atoms with Gasteiger partial charge in [0.1, 0.15) is 17.9 Å². The number of aromatic nitrogens is 2. The molecule has 3 heterocycles. The standard InChI is InChI=1S/C43H29N3O/c44-26-29-25-28(27-17-20-30(21-18-27)45-37-13-5-1-9-31(37)32-10-2-6-14-38(32)45)19-23-36(29)46-39-15-7-3-12-35(39)42-40(46)24-22-34-33-11-4-8-16-41(33)47-43(34)42/h1-6,8-14,16-25,33,41H,7,15H2. The van der Waals surface area contributed by atoms with Crippen LogP contribution in [0.1, 0.15) is 34.7 Å². The normalized spacial score (nSPS) is 17.5. The molecule has 0 N–H and O–H groups in total. The Morgan fingerprint density at radius 1 is 0.723 bits per heavy atom. The first-order chi connectivity index (χ1) is 23.3. The second-order valence-corrected chi connectivity index (χ2v) is 12.7. The topological polar surface area (TPSA) is 42.9 Å². The molecule has 47 heavy (non-hydrogen) atoms. The predicted octanol–water partition coefficient (Wildman–Crippen LogP) is 10.2. The molecule has 10 rings (SSSR count). The molecule has 0 radical (unpaired) electrons. The third-order valence-corrected chi connectivity index (χ3v) is 10.2. The molecule has 2 unspecified atom stereocenters. The Hall–Kier alpha value is -6.05. The molecule has 2 atom stereocenters. The first-order valence-corrected chi connectivity index (χ1v) is 16.3. The highest BCUT2D eigenvalue weighted by atomic mass is 16.5. The van der Waals surface area contributed by atoms with Gasteiger partial charge in [0.15, 0.2) is 0 Å². The highest BCUT2D eigenvalue weighted by Gasteiger charge is 2.35. The molecule has 7 aromatic rings. The quantitative estimate of drug-likeness (QED) is 0.202. The van der Waals surface area contributed by atoms with E-state index >= 15 is 0 Å². The van der Waals surface area contributed by atoms with Crippen molar-refractivity contribution >= 4 is 38.8 Å². The number of allylic oxidation sites excluding steroid dienone is 3. The smallest absolute Gasteiger partial charge is 0.134 e. The maximum atomic E-state index is 10.5. The van der Waals surface area contributed by atoms with Crippen LogP contribution >= 0.6 is 0 Å². The van der Waals surface area contributed by atoms with E-state index in [0.717, 1.165) is 52.0 Å². The molecule has 1 aliphatic heterocycles. The molecule has 0 saturated carbocycles. The van der Waals surface area contributed by atoms with Crippen molar-refractivity contribution in [3.8, 4) is 34.3 Å². The van der Waals surface area contributed by atoms with Crippen LogP contribution in [0.5, 0.6) is 5.75 Å². The van der Waals surface area contributed by atoms with E-state index in [2.05, 4.69) is 149 Å². The SMILES string of the molecule is N#Cc1cc(-c2ccc(-n3c4ccccc4c4ccccc43)cc2)ccc1-n1c2c(c3c4c(ccc31)C1C=CC=CC1O4)C=CCC2. The van der Waals surface area contributed by atoms with E-state index in [1.54, 1.807) is 0 Å². The van der Waals surface area contributed by atoms with E-state index in [1.807, 2.05) is 6.07 Å². The predicted molar refractivity (Wildman–Crippen MR) is 191 cm³/mol. The average Bonchev–Trinajstić information content (AvgIpc) is 3.79. The van der Waals surface area contributed by atoms with Gasteiger partial charge < -0.3 is 13.9 Å². The molecule has 4 nitrogen and oxygen atoms in total. The zero-order valence-corrected chi connectivity index (χ0v) is 25.6. The van der Waals surface area contributed by atoms with Gasteiger partial charge in [0.05, 0.1) is 27.8 Å². The van der Waals surface area contributed by atoms with E-state index < -0.39 is 0 Å². The minimum atomic E-state index is 0.0301. The molecular weight excluding hydrogens is 574 g/mol. The third-order valence-electron chi connectivity index (χ3n) is 10.2. The lowest BCUT2D eigenvalue weighted by molar-refractivity contribution is 0.271. The first-order valence-electron chi connectivity index (χ1n) is 16.3. The highest BCUT2D eigenvalue weighted by molar-refractivity contribution is 6.09. The zero-order valence-electron chi connectivity index (χ0n) is 25.6. The lowest BCUT2D eigenvalue weighted by Crippen LogP contribution is -2.15. The number of hydrogen-bond donors (Lipinski definition) is 0.